The summed E-state index contributed by atoms with van der Waals surface area (Å²) in [5.41, 5.74) is 4.15. The van der Waals surface area contributed by atoms with E-state index in [0.717, 1.165) is 34.1 Å². The number of fused-ring (bicyclic) bond motifs is 1. The summed E-state index contributed by atoms with van der Waals surface area (Å²) < 4.78 is 5.33. The molecule has 1 aliphatic rings. The van der Waals surface area contributed by atoms with Gasteiger partial charge in [0, 0.05) is 34.5 Å². The van der Waals surface area contributed by atoms with E-state index in [1.54, 1.807) is 25.7 Å². The number of H-pyrrole nitrogens is 1. The van der Waals surface area contributed by atoms with Crippen LogP contribution in [0.2, 0.25) is 0 Å². The van der Waals surface area contributed by atoms with Crippen LogP contribution in [0.15, 0.2) is 78.9 Å². The molecule has 4 amide bonds. The summed E-state index contributed by atoms with van der Waals surface area (Å²) in [6, 6.07) is 23.0. The second-order valence-electron chi connectivity index (χ2n) is 14.4. The molecule has 1 fully saturated rings. The maximum Gasteiger partial charge on any atom is 0.408 e. The van der Waals surface area contributed by atoms with Crippen LogP contribution in [0.4, 0.5) is 16.2 Å². The first kappa shape index (κ1) is 36.1. The first-order valence-corrected chi connectivity index (χ1v) is 17.1. The van der Waals surface area contributed by atoms with Gasteiger partial charge in [-0.15, -0.1) is 0 Å². The second-order valence-corrected chi connectivity index (χ2v) is 14.4. The number of aromatic nitrogens is 1. The molecule has 0 bridgehead atoms. The first-order valence-electron chi connectivity index (χ1n) is 17.1. The van der Waals surface area contributed by atoms with E-state index in [-0.39, 0.29) is 23.6 Å². The second kappa shape index (κ2) is 15.2. The minimum absolute atomic E-state index is 0.0765. The fraction of sp³-hybridized carbons (Fsp3) is 0.385. The molecule has 0 saturated carbocycles. The Hall–Kier alpha value is -5.16. The van der Waals surface area contributed by atoms with Crippen molar-refractivity contribution in [3.05, 3.63) is 84.4 Å². The average Bonchev–Trinajstić information content (AvgIpc) is 3.71. The minimum atomic E-state index is -0.769. The van der Waals surface area contributed by atoms with Crippen LogP contribution in [0.5, 0.6) is 0 Å². The highest BCUT2D eigenvalue weighted by Crippen LogP contribution is 2.30. The lowest BCUT2D eigenvalue weighted by Crippen LogP contribution is -2.48. The van der Waals surface area contributed by atoms with Crippen molar-refractivity contribution in [3.8, 4) is 11.3 Å². The zero-order valence-electron chi connectivity index (χ0n) is 29.9. The largest absolute Gasteiger partial charge is 0.444 e. The molecule has 1 aromatic heterocycles. The van der Waals surface area contributed by atoms with Crippen LogP contribution in [0.25, 0.3) is 22.2 Å². The number of alkyl carbamates (subject to hydrolysis) is 1. The third-order valence-corrected chi connectivity index (χ3v) is 8.68. The number of amides is 4. The molecular weight excluding hydrogens is 632 g/mol. The van der Waals surface area contributed by atoms with Crippen molar-refractivity contribution >= 4 is 46.1 Å². The Morgan fingerprint density at radius 2 is 1.58 bits per heavy atom. The molecule has 0 spiro atoms. The van der Waals surface area contributed by atoms with E-state index in [1.165, 1.54) is 0 Å². The van der Waals surface area contributed by atoms with Crippen molar-refractivity contribution in [2.45, 2.75) is 71.2 Å². The van der Waals surface area contributed by atoms with Gasteiger partial charge in [0.2, 0.25) is 17.7 Å². The lowest BCUT2D eigenvalue weighted by atomic mass is 10.0. The number of ether oxygens (including phenoxy) is 1. The molecule has 1 aliphatic heterocycles. The summed E-state index contributed by atoms with van der Waals surface area (Å²) >= 11 is 0. The summed E-state index contributed by atoms with van der Waals surface area (Å²) in [4.78, 5) is 59.7. The molecule has 0 radical (unpaired) electrons. The Morgan fingerprint density at radius 1 is 0.900 bits per heavy atom. The van der Waals surface area contributed by atoms with E-state index in [0.29, 0.717) is 24.3 Å². The highest BCUT2D eigenvalue weighted by atomic mass is 16.6. The molecule has 0 aliphatic carbocycles. The molecule has 50 heavy (non-hydrogen) atoms. The molecule has 2 heterocycles. The lowest BCUT2D eigenvalue weighted by Gasteiger charge is -2.31. The average molecular weight is 681 g/mol. The maximum atomic E-state index is 13.7. The van der Waals surface area contributed by atoms with E-state index >= 15 is 0 Å². The Labute approximate surface area is 293 Å². The van der Waals surface area contributed by atoms with Gasteiger partial charge in [-0.1, -0.05) is 56.3 Å². The van der Waals surface area contributed by atoms with Gasteiger partial charge in [-0.05, 0) is 101 Å². The molecule has 3 aromatic carbocycles. The number of hydrogen-bond acceptors (Lipinski definition) is 6. The lowest BCUT2D eigenvalue weighted by molar-refractivity contribution is -0.140. The number of hydrogen-bond donors (Lipinski definition) is 4. The molecule has 264 valence electrons. The van der Waals surface area contributed by atoms with Crippen molar-refractivity contribution < 1.29 is 23.9 Å². The third-order valence-electron chi connectivity index (χ3n) is 8.68. The molecule has 4 aromatic rings. The molecule has 0 unspecified atom stereocenters. The number of carbonyl (C=O) groups is 4. The highest BCUT2D eigenvalue weighted by Gasteiger charge is 2.38. The van der Waals surface area contributed by atoms with Gasteiger partial charge in [0.15, 0.2) is 0 Å². The Bertz CT molecular complexity index is 1830. The van der Waals surface area contributed by atoms with Gasteiger partial charge in [-0.3, -0.25) is 19.3 Å². The fourth-order valence-corrected chi connectivity index (χ4v) is 6.27. The fourth-order valence-electron chi connectivity index (χ4n) is 6.27. The number of likely N-dealkylation sites (tertiary alicyclic amines) is 1. The van der Waals surface area contributed by atoms with Crippen molar-refractivity contribution in [3.63, 3.8) is 0 Å². The molecule has 11 heteroatoms. The van der Waals surface area contributed by atoms with E-state index < -0.39 is 29.8 Å². The molecule has 3 atom stereocenters. The Balaban J connectivity index is 1.24. The zero-order valence-corrected chi connectivity index (χ0v) is 29.9. The SMILES string of the molecule is CC(C)[C@@H](NC(=O)OC(C)(C)C)C(=O)Nc1ccc(-c2cc3cc(NC(=O)[C@@H]4CCCN4C(=O)[C@@H](c4ccccc4)N(C)C)ccc3[nH]2)cc1. The number of benzene rings is 3. The van der Waals surface area contributed by atoms with E-state index in [4.69, 9.17) is 4.74 Å². The quantitative estimate of drug-likeness (QED) is 0.150. The minimum Gasteiger partial charge on any atom is -0.444 e. The van der Waals surface area contributed by atoms with Crippen LogP contribution in [-0.2, 0) is 19.1 Å². The number of nitrogens with zero attached hydrogens (tertiary/aromatic N) is 2. The van der Waals surface area contributed by atoms with Crippen LogP contribution >= 0.6 is 0 Å². The number of nitrogens with one attached hydrogen (secondary N) is 4. The van der Waals surface area contributed by atoms with Crippen LogP contribution in [0.1, 0.15) is 59.1 Å². The smallest absolute Gasteiger partial charge is 0.408 e. The van der Waals surface area contributed by atoms with Crippen molar-refractivity contribution in [2.75, 3.05) is 31.3 Å². The van der Waals surface area contributed by atoms with E-state index in [2.05, 4.69) is 20.9 Å². The van der Waals surface area contributed by atoms with E-state index in [1.807, 2.05) is 112 Å². The van der Waals surface area contributed by atoms with Crippen LogP contribution in [0.3, 0.4) is 0 Å². The zero-order chi connectivity index (χ0) is 36.2. The maximum absolute atomic E-state index is 13.7. The van der Waals surface area contributed by atoms with Crippen molar-refractivity contribution in [1.82, 2.24) is 20.1 Å². The number of rotatable bonds is 10. The molecule has 11 nitrogen and oxygen atoms in total. The van der Waals surface area contributed by atoms with Gasteiger partial charge in [0.1, 0.15) is 23.7 Å². The topological polar surface area (TPSA) is 136 Å². The van der Waals surface area contributed by atoms with Gasteiger partial charge >= 0.3 is 6.09 Å². The molecule has 4 N–H and O–H groups in total. The summed E-state index contributed by atoms with van der Waals surface area (Å²) in [7, 11) is 3.76. The number of aromatic amines is 1. The normalized spacial score (nSPS) is 15.9. The Morgan fingerprint density at radius 3 is 2.22 bits per heavy atom. The van der Waals surface area contributed by atoms with Gasteiger partial charge in [-0.2, -0.15) is 0 Å². The van der Waals surface area contributed by atoms with Gasteiger partial charge in [-0.25, -0.2) is 4.79 Å². The predicted octanol–water partition coefficient (Wildman–Crippen LogP) is 6.56. The molecule has 1 saturated heterocycles. The number of likely N-dealkylation sites (N-methyl/N-ethyl adjacent to an activating group) is 1. The van der Waals surface area contributed by atoms with E-state index in [9.17, 15) is 19.2 Å². The van der Waals surface area contributed by atoms with Crippen molar-refractivity contribution in [2.24, 2.45) is 5.92 Å². The first-order chi connectivity index (χ1) is 23.7. The standard InChI is InChI=1S/C39H48N6O5/c1-24(2)33(43-38(49)50-39(3,4)5)36(47)40-28-17-15-25(16-18-28)31-23-27-22-29(19-20-30(27)42-31)41-35(46)32-14-11-21-45(32)37(48)34(44(6)7)26-12-9-8-10-13-26/h8-10,12-13,15-20,22-24,32-34,42H,11,14,21H2,1-7H3,(H,40,47)(H,41,46)(H,43,49)/t32-,33+,34+/m0/s1. The summed E-state index contributed by atoms with van der Waals surface area (Å²) in [5, 5.41) is 9.53. The van der Waals surface area contributed by atoms with Gasteiger partial charge < -0.3 is 30.6 Å². The molecular formula is C39H48N6O5. The van der Waals surface area contributed by atoms with Crippen LogP contribution in [-0.4, -0.2) is 76.9 Å². The van der Waals surface area contributed by atoms with Crippen LogP contribution < -0.4 is 16.0 Å². The van der Waals surface area contributed by atoms with Crippen molar-refractivity contribution in [1.29, 1.82) is 0 Å². The third kappa shape index (κ3) is 8.70. The predicted molar refractivity (Wildman–Crippen MR) is 197 cm³/mol. The summed E-state index contributed by atoms with van der Waals surface area (Å²) in [6.45, 7) is 9.56. The van der Waals surface area contributed by atoms with Gasteiger partial charge in [0.25, 0.3) is 0 Å². The van der Waals surface area contributed by atoms with Gasteiger partial charge in [0.05, 0.1) is 0 Å². The summed E-state index contributed by atoms with van der Waals surface area (Å²) in [6.07, 6.45) is 0.733. The number of carbonyl (C=O) groups excluding carboxylic acids is 4. The molecule has 5 rings (SSSR count). The highest BCUT2D eigenvalue weighted by molar-refractivity contribution is 6.00. The monoisotopic (exact) mass is 680 g/mol. The Kier molecular flexibility index (Phi) is 11.0. The number of anilines is 2. The summed E-state index contributed by atoms with van der Waals surface area (Å²) in [5.74, 6) is -0.766. The van der Waals surface area contributed by atoms with Crippen LogP contribution in [0, 0.1) is 5.92 Å².